The zero-order valence-electron chi connectivity index (χ0n) is 8.82. The van der Waals surface area contributed by atoms with Gasteiger partial charge in [-0.15, -0.1) is 0 Å². The maximum atomic E-state index is 11.0. The number of carbonyl (C=O) groups excluding carboxylic acids is 1. The van der Waals surface area contributed by atoms with Crippen molar-refractivity contribution in [3.05, 3.63) is 12.2 Å². The second-order valence-corrected chi connectivity index (χ2v) is 4.96. The molecule has 88 valence electrons. The van der Waals surface area contributed by atoms with Crippen LogP contribution in [-0.4, -0.2) is 31.2 Å². The van der Waals surface area contributed by atoms with Gasteiger partial charge in [-0.1, -0.05) is 13.0 Å². The summed E-state index contributed by atoms with van der Waals surface area (Å²) < 4.78 is 29.1. The molecule has 0 aliphatic carbocycles. The molecule has 0 saturated carbocycles. The van der Waals surface area contributed by atoms with Crippen molar-refractivity contribution >= 4 is 16.0 Å². The van der Waals surface area contributed by atoms with Crippen LogP contribution in [0.5, 0.6) is 0 Å². The van der Waals surface area contributed by atoms with Crippen molar-refractivity contribution in [1.82, 2.24) is 5.32 Å². The fourth-order valence-corrected chi connectivity index (χ4v) is 1.51. The highest BCUT2D eigenvalue weighted by Crippen LogP contribution is 1.97. The summed E-state index contributed by atoms with van der Waals surface area (Å²) in [7, 11) is -3.84. The smallest absolute Gasteiger partial charge is 0.264 e. The zero-order chi connectivity index (χ0) is 11.9. The summed E-state index contributed by atoms with van der Waals surface area (Å²) >= 11 is 0. The molecule has 6 heteroatoms. The van der Waals surface area contributed by atoms with Crippen molar-refractivity contribution in [2.24, 2.45) is 0 Å². The first-order valence-electron chi connectivity index (χ1n) is 4.72. The molecule has 0 fully saturated rings. The Hall–Kier alpha value is -0.880. The normalized spacial score (nSPS) is 11.1. The van der Waals surface area contributed by atoms with Crippen molar-refractivity contribution < 1.29 is 17.8 Å². The lowest BCUT2D eigenvalue weighted by Crippen LogP contribution is -2.24. The molecule has 0 rings (SSSR count). The van der Waals surface area contributed by atoms with Gasteiger partial charge in [0.25, 0.3) is 10.1 Å². The lowest BCUT2D eigenvalue weighted by atomic mass is 10.2. The largest absolute Gasteiger partial charge is 0.352 e. The highest BCUT2D eigenvalue weighted by Gasteiger charge is 2.03. The molecular weight excluding hydrogens is 218 g/mol. The van der Waals surface area contributed by atoms with E-state index in [9.17, 15) is 13.2 Å². The highest BCUT2D eigenvalue weighted by molar-refractivity contribution is 7.85. The predicted octanol–water partition coefficient (Wildman–Crippen LogP) is 0.737. The van der Waals surface area contributed by atoms with Gasteiger partial charge in [0, 0.05) is 12.1 Å². The van der Waals surface area contributed by atoms with Crippen LogP contribution in [0, 0.1) is 0 Å². The third kappa shape index (κ3) is 9.42. The van der Waals surface area contributed by atoms with Crippen molar-refractivity contribution in [3.8, 4) is 0 Å². The monoisotopic (exact) mass is 235 g/mol. The van der Waals surface area contributed by atoms with E-state index in [2.05, 4.69) is 11.9 Å². The minimum absolute atomic E-state index is 0.190. The van der Waals surface area contributed by atoms with Gasteiger partial charge in [-0.3, -0.25) is 9.35 Å². The molecule has 0 saturated heterocycles. The standard InChI is InChI=1S/C9H17NO4S/c1-8(2)9(11)10-6-4-3-5-7-15(12,13)14/h1,3-7H2,2H3,(H,10,11)(H,12,13,14). The van der Waals surface area contributed by atoms with E-state index in [1.165, 1.54) is 0 Å². The minimum Gasteiger partial charge on any atom is -0.352 e. The summed E-state index contributed by atoms with van der Waals surface area (Å²) in [6.07, 6.45) is 1.74. The van der Waals surface area contributed by atoms with Gasteiger partial charge in [-0.05, 0) is 19.8 Å². The molecule has 5 nitrogen and oxygen atoms in total. The van der Waals surface area contributed by atoms with E-state index in [-0.39, 0.29) is 11.7 Å². The van der Waals surface area contributed by atoms with E-state index in [0.29, 0.717) is 31.4 Å². The average molecular weight is 235 g/mol. The summed E-state index contributed by atoms with van der Waals surface area (Å²) in [6, 6.07) is 0. The maximum absolute atomic E-state index is 11.0. The lowest BCUT2D eigenvalue weighted by Gasteiger charge is -2.03. The average Bonchev–Trinajstić information content (AvgIpc) is 2.08. The molecule has 0 bridgehead atoms. The number of carbonyl (C=O) groups is 1. The highest BCUT2D eigenvalue weighted by atomic mass is 32.2. The number of hydrogen-bond acceptors (Lipinski definition) is 3. The van der Waals surface area contributed by atoms with Crippen molar-refractivity contribution in [3.63, 3.8) is 0 Å². The zero-order valence-corrected chi connectivity index (χ0v) is 9.64. The molecule has 0 aromatic carbocycles. The second kappa shape index (κ2) is 6.58. The summed E-state index contributed by atoms with van der Waals surface area (Å²) in [5.74, 6) is -0.411. The van der Waals surface area contributed by atoms with Gasteiger partial charge in [0.15, 0.2) is 0 Å². The van der Waals surface area contributed by atoms with Crippen LogP contribution in [0.15, 0.2) is 12.2 Å². The van der Waals surface area contributed by atoms with Gasteiger partial charge in [0.1, 0.15) is 0 Å². The van der Waals surface area contributed by atoms with Crippen LogP contribution in [0.4, 0.5) is 0 Å². The van der Waals surface area contributed by atoms with Crippen molar-refractivity contribution in [1.29, 1.82) is 0 Å². The Labute approximate surface area is 90.3 Å². The molecule has 0 aliphatic rings. The minimum atomic E-state index is -3.84. The van der Waals surface area contributed by atoms with Crippen LogP contribution in [0.3, 0.4) is 0 Å². The molecule has 2 N–H and O–H groups in total. The molecular formula is C9H17NO4S. The Morgan fingerprint density at radius 3 is 2.40 bits per heavy atom. The molecule has 0 heterocycles. The maximum Gasteiger partial charge on any atom is 0.264 e. The van der Waals surface area contributed by atoms with Gasteiger partial charge in [-0.25, -0.2) is 0 Å². The summed E-state index contributed by atoms with van der Waals surface area (Å²) in [5.41, 5.74) is 0.452. The first-order chi connectivity index (χ1) is 6.83. The number of rotatable bonds is 7. The van der Waals surface area contributed by atoms with Gasteiger partial charge in [0.2, 0.25) is 5.91 Å². The van der Waals surface area contributed by atoms with E-state index in [4.69, 9.17) is 4.55 Å². The van der Waals surface area contributed by atoms with Crippen molar-refractivity contribution in [2.75, 3.05) is 12.3 Å². The molecule has 15 heavy (non-hydrogen) atoms. The number of unbranched alkanes of at least 4 members (excludes halogenated alkanes) is 2. The topological polar surface area (TPSA) is 83.5 Å². The van der Waals surface area contributed by atoms with Crippen LogP contribution in [0.2, 0.25) is 0 Å². The van der Waals surface area contributed by atoms with Gasteiger partial charge < -0.3 is 5.32 Å². The molecule has 0 unspecified atom stereocenters. The van der Waals surface area contributed by atoms with E-state index in [1.54, 1.807) is 6.92 Å². The Balaban J connectivity index is 3.41. The fourth-order valence-electron chi connectivity index (χ4n) is 0.939. The first kappa shape index (κ1) is 14.1. The fraction of sp³-hybridized carbons (Fsp3) is 0.667. The van der Waals surface area contributed by atoms with E-state index in [0.717, 1.165) is 0 Å². The molecule has 1 amide bonds. The van der Waals surface area contributed by atoms with Crippen LogP contribution in [-0.2, 0) is 14.9 Å². The van der Waals surface area contributed by atoms with Crippen LogP contribution >= 0.6 is 0 Å². The Kier molecular flexibility index (Phi) is 6.19. The molecule has 0 aromatic rings. The quantitative estimate of drug-likeness (QED) is 0.387. The van der Waals surface area contributed by atoms with Crippen molar-refractivity contribution in [2.45, 2.75) is 26.2 Å². The van der Waals surface area contributed by atoms with E-state index < -0.39 is 10.1 Å². The van der Waals surface area contributed by atoms with Gasteiger partial charge in [0.05, 0.1) is 5.75 Å². The Morgan fingerprint density at radius 1 is 1.33 bits per heavy atom. The Morgan fingerprint density at radius 2 is 1.93 bits per heavy atom. The van der Waals surface area contributed by atoms with Gasteiger partial charge >= 0.3 is 0 Å². The number of amides is 1. The molecule has 0 aliphatic heterocycles. The van der Waals surface area contributed by atoms with Crippen LogP contribution in [0.25, 0.3) is 0 Å². The second-order valence-electron chi connectivity index (χ2n) is 3.38. The lowest BCUT2D eigenvalue weighted by molar-refractivity contribution is -0.117. The first-order valence-corrected chi connectivity index (χ1v) is 6.32. The third-order valence-corrected chi connectivity index (χ3v) is 2.56. The van der Waals surface area contributed by atoms with Crippen LogP contribution < -0.4 is 5.32 Å². The summed E-state index contributed by atoms with van der Waals surface area (Å²) in [6.45, 7) is 5.59. The summed E-state index contributed by atoms with van der Waals surface area (Å²) in [5, 5.41) is 2.63. The van der Waals surface area contributed by atoms with Gasteiger partial charge in [-0.2, -0.15) is 8.42 Å². The number of hydrogen-bond donors (Lipinski definition) is 2. The molecule has 0 radical (unpaired) electrons. The number of nitrogens with one attached hydrogen (secondary N) is 1. The van der Waals surface area contributed by atoms with E-state index in [1.807, 2.05) is 0 Å². The summed E-state index contributed by atoms with van der Waals surface area (Å²) in [4.78, 5) is 11.0. The third-order valence-electron chi connectivity index (χ3n) is 1.75. The van der Waals surface area contributed by atoms with E-state index >= 15 is 0 Å². The Bertz CT molecular complexity index is 321. The predicted molar refractivity (Wildman–Crippen MR) is 58.1 cm³/mol. The molecule has 0 atom stereocenters. The molecule has 0 spiro atoms. The molecule has 0 aromatic heterocycles. The SMILES string of the molecule is C=C(C)C(=O)NCCCCCS(=O)(=O)O. The van der Waals surface area contributed by atoms with Crippen LogP contribution in [0.1, 0.15) is 26.2 Å².